The molecule has 2 rings (SSSR count). The van der Waals surface area contributed by atoms with Crippen LogP contribution in [0.25, 0.3) is 0 Å². The van der Waals surface area contributed by atoms with Gasteiger partial charge in [0.15, 0.2) is 5.78 Å². The van der Waals surface area contributed by atoms with E-state index < -0.39 is 5.54 Å². The maximum atomic E-state index is 13.1. The van der Waals surface area contributed by atoms with Crippen LogP contribution < -0.4 is 0 Å². The summed E-state index contributed by atoms with van der Waals surface area (Å²) in [5, 5.41) is 0. The third kappa shape index (κ3) is 3.28. The molecule has 0 aliphatic rings. The topological polar surface area (TPSA) is 20.3 Å². The maximum Gasteiger partial charge on any atom is 0.183 e. The van der Waals surface area contributed by atoms with Gasteiger partial charge in [0.1, 0.15) is 0 Å². The molecule has 2 unspecified atom stereocenters. The smallest absolute Gasteiger partial charge is 0.183 e. The Morgan fingerprint density at radius 1 is 1.00 bits per heavy atom. The zero-order valence-electron chi connectivity index (χ0n) is 13.9. The predicted molar refractivity (Wildman–Crippen MR) is 92.2 cm³/mol. The maximum absolute atomic E-state index is 13.1. The molecule has 0 heterocycles. The molecule has 116 valence electrons. The Kier molecular flexibility index (Phi) is 5.15. The predicted octanol–water partition coefficient (Wildman–Crippen LogP) is 4.07. The van der Waals surface area contributed by atoms with Crippen molar-refractivity contribution in [1.82, 2.24) is 4.90 Å². The van der Waals surface area contributed by atoms with E-state index in [1.54, 1.807) is 0 Å². The first-order valence-electron chi connectivity index (χ1n) is 7.77. The number of likely N-dealkylation sites (N-methyl/N-ethyl adjacent to an activating group) is 1. The highest BCUT2D eigenvalue weighted by Gasteiger charge is 2.41. The van der Waals surface area contributed by atoms with Gasteiger partial charge in [-0.3, -0.25) is 9.69 Å². The van der Waals surface area contributed by atoms with Gasteiger partial charge in [-0.25, -0.2) is 0 Å². The number of rotatable bonds is 6. The Bertz CT molecular complexity index is 606. The van der Waals surface area contributed by atoms with E-state index in [0.717, 1.165) is 12.0 Å². The SMILES string of the molecule is CC(Cc1ccccc1)C(C)(C(=O)c1ccccc1)N(C)C. The summed E-state index contributed by atoms with van der Waals surface area (Å²) in [7, 11) is 3.98. The number of Topliss-reactive ketones (excluding diaryl/α,β-unsaturated/α-hetero) is 1. The Hall–Kier alpha value is -1.93. The molecule has 0 radical (unpaired) electrons. The number of hydrogen-bond donors (Lipinski definition) is 0. The minimum Gasteiger partial charge on any atom is -0.297 e. The van der Waals surface area contributed by atoms with Gasteiger partial charge in [0.25, 0.3) is 0 Å². The van der Waals surface area contributed by atoms with Gasteiger partial charge in [-0.15, -0.1) is 0 Å². The molecule has 0 aliphatic carbocycles. The largest absolute Gasteiger partial charge is 0.297 e. The molecule has 2 aromatic rings. The lowest BCUT2D eigenvalue weighted by atomic mass is 9.76. The van der Waals surface area contributed by atoms with Crippen LogP contribution in [0.3, 0.4) is 0 Å². The lowest BCUT2D eigenvalue weighted by Gasteiger charge is -2.40. The van der Waals surface area contributed by atoms with Crippen LogP contribution in [0.5, 0.6) is 0 Å². The Balaban J connectivity index is 2.29. The summed E-state index contributed by atoms with van der Waals surface area (Å²) >= 11 is 0. The minimum atomic E-state index is -0.531. The van der Waals surface area contributed by atoms with Crippen molar-refractivity contribution >= 4 is 5.78 Å². The van der Waals surface area contributed by atoms with Gasteiger partial charge in [-0.1, -0.05) is 67.6 Å². The first-order valence-corrected chi connectivity index (χ1v) is 7.77. The van der Waals surface area contributed by atoms with Gasteiger partial charge in [-0.2, -0.15) is 0 Å². The van der Waals surface area contributed by atoms with Crippen LogP contribution >= 0.6 is 0 Å². The Labute approximate surface area is 133 Å². The van der Waals surface area contributed by atoms with Crippen LogP contribution in [0.2, 0.25) is 0 Å². The molecular formula is C20H25NO. The molecule has 0 N–H and O–H groups in total. The highest BCUT2D eigenvalue weighted by molar-refractivity contribution is 6.03. The average Bonchev–Trinajstić information content (AvgIpc) is 2.54. The molecule has 0 fully saturated rings. The van der Waals surface area contributed by atoms with E-state index in [1.165, 1.54) is 5.56 Å². The lowest BCUT2D eigenvalue weighted by molar-refractivity contribution is 0.0576. The third-order valence-electron chi connectivity index (χ3n) is 4.77. The van der Waals surface area contributed by atoms with Crippen molar-refractivity contribution in [3.05, 3.63) is 71.8 Å². The number of benzene rings is 2. The van der Waals surface area contributed by atoms with Gasteiger partial charge in [0.05, 0.1) is 5.54 Å². The second-order valence-corrected chi connectivity index (χ2v) is 6.33. The molecule has 0 bridgehead atoms. The third-order valence-corrected chi connectivity index (χ3v) is 4.77. The summed E-state index contributed by atoms with van der Waals surface area (Å²) in [4.78, 5) is 15.1. The van der Waals surface area contributed by atoms with Gasteiger partial charge >= 0.3 is 0 Å². The van der Waals surface area contributed by atoms with Crippen LogP contribution in [0.1, 0.15) is 29.8 Å². The first-order chi connectivity index (χ1) is 10.5. The molecule has 0 spiro atoms. The standard InChI is InChI=1S/C20H25NO/c1-16(15-17-11-7-5-8-12-17)20(2,21(3)4)19(22)18-13-9-6-10-14-18/h5-14,16H,15H2,1-4H3. The fourth-order valence-corrected chi connectivity index (χ4v) is 2.92. The number of nitrogens with zero attached hydrogens (tertiary/aromatic N) is 1. The summed E-state index contributed by atoms with van der Waals surface area (Å²) in [6.07, 6.45) is 0.883. The summed E-state index contributed by atoms with van der Waals surface area (Å²) in [5.41, 5.74) is 1.51. The van der Waals surface area contributed by atoms with E-state index >= 15 is 0 Å². The monoisotopic (exact) mass is 295 g/mol. The molecule has 0 saturated heterocycles. The molecule has 0 aliphatic heterocycles. The fraction of sp³-hybridized carbons (Fsp3) is 0.350. The summed E-state index contributed by atoms with van der Waals surface area (Å²) in [6, 6.07) is 20.0. The summed E-state index contributed by atoms with van der Waals surface area (Å²) in [6.45, 7) is 4.21. The fourth-order valence-electron chi connectivity index (χ4n) is 2.92. The van der Waals surface area contributed by atoms with Crippen molar-refractivity contribution in [2.24, 2.45) is 5.92 Å². The quantitative estimate of drug-likeness (QED) is 0.749. The van der Waals surface area contributed by atoms with Crippen molar-refractivity contribution in [2.75, 3.05) is 14.1 Å². The van der Waals surface area contributed by atoms with Crippen molar-refractivity contribution < 1.29 is 4.79 Å². The van der Waals surface area contributed by atoms with Gasteiger partial charge in [0.2, 0.25) is 0 Å². The van der Waals surface area contributed by atoms with Crippen LogP contribution in [-0.2, 0) is 6.42 Å². The van der Waals surface area contributed by atoms with Gasteiger partial charge in [0, 0.05) is 5.56 Å². The molecule has 2 nitrogen and oxygen atoms in total. The van der Waals surface area contributed by atoms with Crippen LogP contribution in [0, 0.1) is 5.92 Å². The first kappa shape index (κ1) is 16.4. The van der Waals surface area contributed by atoms with Crippen molar-refractivity contribution in [1.29, 1.82) is 0 Å². The van der Waals surface area contributed by atoms with E-state index in [2.05, 4.69) is 30.9 Å². The number of ketones is 1. The minimum absolute atomic E-state index is 0.182. The number of carbonyl (C=O) groups is 1. The van der Waals surface area contributed by atoms with E-state index in [-0.39, 0.29) is 11.7 Å². The van der Waals surface area contributed by atoms with E-state index in [9.17, 15) is 4.79 Å². The molecular weight excluding hydrogens is 270 g/mol. The number of carbonyl (C=O) groups excluding carboxylic acids is 1. The summed E-state index contributed by atoms with van der Waals surface area (Å²) in [5.74, 6) is 0.388. The molecule has 0 amide bonds. The number of hydrogen-bond acceptors (Lipinski definition) is 2. The second-order valence-electron chi connectivity index (χ2n) is 6.33. The molecule has 2 heteroatoms. The Morgan fingerprint density at radius 2 is 1.50 bits per heavy atom. The lowest BCUT2D eigenvalue weighted by Crippen LogP contribution is -2.54. The van der Waals surface area contributed by atoms with Crippen LogP contribution in [-0.4, -0.2) is 30.3 Å². The van der Waals surface area contributed by atoms with Crippen molar-refractivity contribution in [2.45, 2.75) is 25.8 Å². The van der Waals surface area contributed by atoms with Crippen LogP contribution in [0.4, 0.5) is 0 Å². The second kappa shape index (κ2) is 6.89. The van der Waals surface area contributed by atoms with Crippen molar-refractivity contribution in [3.63, 3.8) is 0 Å². The summed E-state index contributed by atoms with van der Waals surface area (Å²) < 4.78 is 0. The molecule has 0 saturated carbocycles. The zero-order valence-corrected chi connectivity index (χ0v) is 13.9. The zero-order chi connectivity index (χ0) is 16.2. The molecule has 2 aromatic carbocycles. The average molecular weight is 295 g/mol. The molecule has 22 heavy (non-hydrogen) atoms. The van der Waals surface area contributed by atoms with E-state index in [1.807, 2.05) is 62.6 Å². The van der Waals surface area contributed by atoms with Crippen molar-refractivity contribution in [3.8, 4) is 0 Å². The highest BCUT2D eigenvalue weighted by atomic mass is 16.1. The normalized spacial score (nSPS) is 15.3. The van der Waals surface area contributed by atoms with E-state index in [4.69, 9.17) is 0 Å². The van der Waals surface area contributed by atoms with Gasteiger partial charge in [-0.05, 0) is 38.9 Å². The molecule has 0 aromatic heterocycles. The van der Waals surface area contributed by atoms with E-state index in [0.29, 0.717) is 0 Å². The van der Waals surface area contributed by atoms with Crippen LogP contribution in [0.15, 0.2) is 60.7 Å². The highest BCUT2D eigenvalue weighted by Crippen LogP contribution is 2.30. The van der Waals surface area contributed by atoms with Gasteiger partial charge < -0.3 is 0 Å². The Morgan fingerprint density at radius 3 is 2.00 bits per heavy atom. The molecule has 2 atom stereocenters.